The third kappa shape index (κ3) is 3.25. The number of rotatable bonds is 4. The van der Waals surface area contributed by atoms with Gasteiger partial charge in [0.25, 0.3) is 5.91 Å². The molecule has 1 heterocycles. The zero-order valence-corrected chi connectivity index (χ0v) is 11.6. The molecule has 0 fully saturated rings. The van der Waals surface area contributed by atoms with E-state index in [4.69, 9.17) is 0 Å². The molecule has 1 N–H and O–H groups in total. The molecule has 0 aliphatic rings. The topological polar surface area (TPSA) is 73.2 Å². The van der Waals surface area contributed by atoms with Gasteiger partial charge in [-0.15, -0.1) is 0 Å². The molecule has 0 radical (unpaired) electrons. The molecule has 1 aromatic heterocycles. The highest BCUT2D eigenvalue weighted by atomic mass is 19.1. The lowest BCUT2D eigenvalue weighted by Gasteiger charge is -2.08. The van der Waals surface area contributed by atoms with Crippen molar-refractivity contribution in [3.05, 3.63) is 53.1 Å². The van der Waals surface area contributed by atoms with Crippen molar-refractivity contribution in [3.63, 3.8) is 0 Å². The highest BCUT2D eigenvalue weighted by molar-refractivity contribution is 5.92. The zero-order chi connectivity index (χ0) is 15.4. The van der Waals surface area contributed by atoms with Crippen LogP contribution in [0.25, 0.3) is 0 Å². The van der Waals surface area contributed by atoms with Crippen molar-refractivity contribution in [2.45, 2.75) is 6.54 Å². The van der Waals surface area contributed by atoms with Crippen molar-refractivity contribution < 1.29 is 18.7 Å². The Morgan fingerprint density at radius 3 is 2.76 bits per heavy atom. The number of hydrogen-bond donors (Lipinski definition) is 1. The van der Waals surface area contributed by atoms with Crippen molar-refractivity contribution in [2.75, 3.05) is 7.11 Å². The van der Waals surface area contributed by atoms with Crippen LogP contribution in [0.3, 0.4) is 0 Å². The average molecular weight is 291 g/mol. The normalized spacial score (nSPS) is 10.2. The second kappa shape index (κ2) is 6.17. The molecule has 1 aromatic carbocycles. The summed E-state index contributed by atoms with van der Waals surface area (Å²) in [7, 11) is 2.88. The smallest absolute Gasteiger partial charge is 0.337 e. The SMILES string of the molecule is COC(=O)c1ccc(F)c(CNC(=O)c2ccnn2C)c1. The van der Waals surface area contributed by atoms with Gasteiger partial charge in [-0.05, 0) is 24.3 Å². The van der Waals surface area contributed by atoms with Gasteiger partial charge in [-0.2, -0.15) is 5.10 Å². The van der Waals surface area contributed by atoms with Gasteiger partial charge in [0, 0.05) is 25.4 Å². The molecule has 2 rings (SSSR count). The molecular formula is C14H14FN3O3. The Labute approximate surface area is 120 Å². The summed E-state index contributed by atoms with van der Waals surface area (Å²) in [6.07, 6.45) is 1.49. The van der Waals surface area contributed by atoms with Crippen LogP contribution in [0.5, 0.6) is 0 Å². The van der Waals surface area contributed by atoms with Gasteiger partial charge >= 0.3 is 5.97 Å². The van der Waals surface area contributed by atoms with Crippen LogP contribution in [0.2, 0.25) is 0 Å². The monoisotopic (exact) mass is 291 g/mol. The third-order valence-electron chi connectivity index (χ3n) is 2.96. The van der Waals surface area contributed by atoms with E-state index < -0.39 is 11.8 Å². The predicted octanol–water partition coefficient (Wildman–Crippen LogP) is 1.28. The fourth-order valence-electron chi connectivity index (χ4n) is 1.82. The number of benzene rings is 1. The molecule has 0 bridgehead atoms. The molecule has 7 heteroatoms. The summed E-state index contributed by atoms with van der Waals surface area (Å²) in [6.45, 7) is -0.0410. The highest BCUT2D eigenvalue weighted by Gasteiger charge is 2.13. The summed E-state index contributed by atoms with van der Waals surface area (Å²) in [6, 6.07) is 5.40. The van der Waals surface area contributed by atoms with Crippen molar-refractivity contribution in [1.29, 1.82) is 0 Å². The molecule has 21 heavy (non-hydrogen) atoms. The van der Waals surface area contributed by atoms with Gasteiger partial charge in [0.15, 0.2) is 0 Å². The van der Waals surface area contributed by atoms with E-state index in [9.17, 15) is 14.0 Å². The molecule has 0 aliphatic carbocycles. The molecule has 0 saturated carbocycles. The lowest BCUT2D eigenvalue weighted by atomic mass is 10.1. The van der Waals surface area contributed by atoms with Gasteiger partial charge in [-0.1, -0.05) is 0 Å². The van der Waals surface area contributed by atoms with Crippen molar-refractivity contribution in [1.82, 2.24) is 15.1 Å². The first-order chi connectivity index (χ1) is 10.0. The molecule has 110 valence electrons. The average Bonchev–Trinajstić information content (AvgIpc) is 2.91. The van der Waals surface area contributed by atoms with E-state index in [0.29, 0.717) is 5.69 Å². The predicted molar refractivity (Wildman–Crippen MR) is 72.1 cm³/mol. The van der Waals surface area contributed by atoms with E-state index in [2.05, 4.69) is 15.2 Å². The van der Waals surface area contributed by atoms with Gasteiger partial charge in [0.1, 0.15) is 11.5 Å². The lowest BCUT2D eigenvalue weighted by Crippen LogP contribution is -2.25. The van der Waals surface area contributed by atoms with Crippen LogP contribution in [-0.4, -0.2) is 28.8 Å². The number of carbonyl (C=O) groups is 2. The Bertz CT molecular complexity index is 682. The number of amides is 1. The van der Waals surface area contributed by atoms with Crippen molar-refractivity contribution >= 4 is 11.9 Å². The first kappa shape index (κ1) is 14.7. The second-order valence-electron chi connectivity index (χ2n) is 4.32. The molecule has 0 saturated heterocycles. The number of nitrogens with zero attached hydrogens (tertiary/aromatic N) is 2. The van der Waals surface area contributed by atoms with E-state index in [1.165, 1.54) is 30.1 Å². The van der Waals surface area contributed by atoms with Crippen molar-refractivity contribution in [2.24, 2.45) is 7.05 Å². The number of esters is 1. The van der Waals surface area contributed by atoms with Crippen LogP contribution in [0.1, 0.15) is 26.4 Å². The number of aromatic nitrogens is 2. The van der Waals surface area contributed by atoms with Gasteiger partial charge in [-0.25, -0.2) is 9.18 Å². The minimum Gasteiger partial charge on any atom is -0.465 e. The zero-order valence-electron chi connectivity index (χ0n) is 11.6. The van der Waals surface area contributed by atoms with Gasteiger partial charge < -0.3 is 10.1 Å². The number of aryl methyl sites for hydroxylation is 1. The van der Waals surface area contributed by atoms with Gasteiger partial charge in [-0.3, -0.25) is 9.48 Å². The molecule has 0 atom stereocenters. The molecular weight excluding hydrogens is 277 g/mol. The molecule has 6 nitrogen and oxygen atoms in total. The van der Waals surface area contributed by atoms with Crippen LogP contribution in [0, 0.1) is 5.82 Å². The summed E-state index contributed by atoms with van der Waals surface area (Å²) in [5.41, 5.74) is 0.789. The highest BCUT2D eigenvalue weighted by Crippen LogP contribution is 2.12. The van der Waals surface area contributed by atoms with Gasteiger partial charge in [0.05, 0.1) is 12.7 Å². The number of methoxy groups -OCH3 is 1. The maximum absolute atomic E-state index is 13.7. The van der Waals surface area contributed by atoms with Crippen LogP contribution >= 0.6 is 0 Å². The number of carbonyl (C=O) groups excluding carboxylic acids is 2. The van der Waals surface area contributed by atoms with E-state index in [1.54, 1.807) is 13.1 Å². The van der Waals surface area contributed by atoms with E-state index in [0.717, 1.165) is 6.07 Å². The van der Waals surface area contributed by atoms with Crippen LogP contribution in [-0.2, 0) is 18.3 Å². The fraction of sp³-hybridized carbons (Fsp3) is 0.214. The number of halogens is 1. The molecule has 2 aromatic rings. The minimum atomic E-state index is -0.561. The molecule has 1 amide bonds. The summed E-state index contributed by atoms with van der Waals surface area (Å²) in [5.74, 6) is -1.44. The van der Waals surface area contributed by atoms with Crippen LogP contribution in [0.4, 0.5) is 4.39 Å². The van der Waals surface area contributed by atoms with Crippen LogP contribution < -0.4 is 5.32 Å². The first-order valence-corrected chi connectivity index (χ1v) is 6.16. The van der Waals surface area contributed by atoms with Gasteiger partial charge in [0.2, 0.25) is 0 Å². The maximum Gasteiger partial charge on any atom is 0.337 e. The first-order valence-electron chi connectivity index (χ1n) is 6.16. The Morgan fingerprint density at radius 2 is 2.14 bits per heavy atom. The summed E-state index contributed by atoms with van der Waals surface area (Å²) in [5, 5.41) is 6.45. The molecule has 0 spiro atoms. The Balaban J connectivity index is 2.11. The third-order valence-corrected chi connectivity index (χ3v) is 2.96. The van der Waals surface area contributed by atoms with Crippen molar-refractivity contribution in [3.8, 4) is 0 Å². The number of nitrogens with one attached hydrogen (secondary N) is 1. The standard InChI is InChI=1S/C14H14FN3O3/c1-18-12(5-6-17-18)13(19)16-8-10-7-9(14(20)21-2)3-4-11(10)15/h3-7H,8H2,1-2H3,(H,16,19). The quantitative estimate of drug-likeness (QED) is 0.861. The number of ether oxygens (including phenoxy) is 1. The van der Waals surface area contributed by atoms with E-state index in [1.807, 2.05) is 0 Å². The summed E-state index contributed by atoms with van der Waals surface area (Å²) >= 11 is 0. The van der Waals surface area contributed by atoms with E-state index in [-0.39, 0.29) is 23.6 Å². The number of hydrogen-bond acceptors (Lipinski definition) is 4. The second-order valence-corrected chi connectivity index (χ2v) is 4.32. The molecule has 0 unspecified atom stereocenters. The Morgan fingerprint density at radius 1 is 1.38 bits per heavy atom. The minimum absolute atomic E-state index is 0.0410. The Hall–Kier alpha value is -2.70. The summed E-state index contributed by atoms with van der Waals surface area (Å²) < 4.78 is 19.7. The summed E-state index contributed by atoms with van der Waals surface area (Å²) in [4.78, 5) is 23.3. The molecule has 0 aliphatic heterocycles. The van der Waals surface area contributed by atoms with Crippen LogP contribution in [0.15, 0.2) is 30.5 Å². The van der Waals surface area contributed by atoms with E-state index >= 15 is 0 Å². The Kier molecular flexibility index (Phi) is 4.32. The largest absolute Gasteiger partial charge is 0.465 e. The lowest BCUT2D eigenvalue weighted by molar-refractivity contribution is 0.0600. The maximum atomic E-state index is 13.7. The fourth-order valence-corrected chi connectivity index (χ4v) is 1.82.